The largest absolute Gasteiger partial charge is 0.368 e. The monoisotopic (exact) mass is 199 g/mol. The van der Waals surface area contributed by atoms with Crippen LogP contribution in [-0.2, 0) is 0 Å². The molecule has 0 spiro atoms. The maximum absolute atomic E-state index is 4.08. The Morgan fingerprint density at radius 3 is 3.31 bits per heavy atom. The Kier molecular flexibility index (Phi) is 2.72. The summed E-state index contributed by atoms with van der Waals surface area (Å²) in [7, 11) is 0. The summed E-state index contributed by atoms with van der Waals surface area (Å²) in [5.74, 6) is 1.49. The van der Waals surface area contributed by atoms with Crippen LogP contribution in [0.1, 0.15) is 6.92 Å². The third kappa shape index (κ3) is 2.15. The molecular formula is C7H13N5S. The highest BCUT2D eigenvalue weighted by molar-refractivity contribution is 6.99. The average Bonchev–Trinajstić information content (AvgIpc) is 2.72. The second-order valence-electron chi connectivity index (χ2n) is 3.25. The predicted molar refractivity (Wildman–Crippen MR) is 52.5 cm³/mol. The molecule has 0 aliphatic carbocycles. The first kappa shape index (κ1) is 8.86. The summed E-state index contributed by atoms with van der Waals surface area (Å²) in [6, 6.07) is 0.513. The smallest absolute Gasteiger partial charge is 0.160 e. The fourth-order valence-corrected chi connectivity index (χ4v) is 1.77. The van der Waals surface area contributed by atoms with Crippen molar-refractivity contribution in [3.05, 3.63) is 6.20 Å². The maximum atomic E-state index is 4.08. The van der Waals surface area contributed by atoms with Gasteiger partial charge in [0.25, 0.3) is 0 Å². The molecule has 0 aromatic carbocycles. The zero-order valence-corrected chi connectivity index (χ0v) is 8.27. The SMILES string of the molecule is CC1NNCC1CNc1cnsn1. The van der Waals surface area contributed by atoms with Crippen LogP contribution in [0.25, 0.3) is 0 Å². The van der Waals surface area contributed by atoms with Gasteiger partial charge in [-0.25, -0.2) is 0 Å². The van der Waals surface area contributed by atoms with Crippen molar-refractivity contribution in [2.24, 2.45) is 5.92 Å². The maximum Gasteiger partial charge on any atom is 0.160 e. The van der Waals surface area contributed by atoms with Gasteiger partial charge in [0.1, 0.15) is 0 Å². The van der Waals surface area contributed by atoms with Gasteiger partial charge in [0.05, 0.1) is 17.9 Å². The minimum Gasteiger partial charge on any atom is -0.368 e. The van der Waals surface area contributed by atoms with E-state index in [2.05, 4.69) is 31.8 Å². The molecule has 3 N–H and O–H groups in total. The number of anilines is 1. The van der Waals surface area contributed by atoms with Gasteiger partial charge in [-0.15, -0.1) is 0 Å². The number of nitrogens with zero attached hydrogens (tertiary/aromatic N) is 2. The Morgan fingerprint density at radius 2 is 2.69 bits per heavy atom. The summed E-state index contributed by atoms with van der Waals surface area (Å²) in [6.07, 6.45) is 1.76. The summed E-state index contributed by atoms with van der Waals surface area (Å²) < 4.78 is 8.00. The fourth-order valence-electron chi connectivity index (χ4n) is 1.37. The molecule has 1 aromatic heterocycles. The van der Waals surface area contributed by atoms with E-state index in [-0.39, 0.29) is 0 Å². The average molecular weight is 199 g/mol. The molecule has 0 saturated carbocycles. The van der Waals surface area contributed by atoms with Crippen molar-refractivity contribution in [1.29, 1.82) is 0 Å². The van der Waals surface area contributed by atoms with E-state index in [4.69, 9.17) is 0 Å². The molecule has 72 valence electrons. The standard InChI is InChI=1S/C7H13N5S/c1-5-6(3-9-11-5)2-8-7-4-10-13-12-7/h4-6,9,11H,2-3H2,1H3,(H,8,12). The normalized spacial score (nSPS) is 27.8. The lowest BCUT2D eigenvalue weighted by Gasteiger charge is -2.13. The molecule has 0 bridgehead atoms. The van der Waals surface area contributed by atoms with Gasteiger partial charge >= 0.3 is 0 Å². The van der Waals surface area contributed by atoms with Gasteiger partial charge in [-0.3, -0.25) is 10.9 Å². The van der Waals surface area contributed by atoms with Gasteiger partial charge in [0.15, 0.2) is 5.82 Å². The third-order valence-corrected chi connectivity index (χ3v) is 2.79. The van der Waals surface area contributed by atoms with E-state index in [1.807, 2.05) is 0 Å². The number of aromatic nitrogens is 2. The lowest BCUT2D eigenvalue weighted by molar-refractivity contribution is 0.509. The Hall–Kier alpha value is -0.720. The zero-order valence-electron chi connectivity index (χ0n) is 7.45. The lowest BCUT2D eigenvalue weighted by atomic mass is 10.0. The van der Waals surface area contributed by atoms with Gasteiger partial charge in [-0.1, -0.05) is 0 Å². The van der Waals surface area contributed by atoms with Crippen molar-refractivity contribution in [3.8, 4) is 0 Å². The van der Waals surface area contributed by atoms with Crippen LogP contribution in [0.15, 0.2) is 6.20 Å². The number of hydrogen-bond donors (Lipinski definition) is 3. The quantitative estimate of drug-likeness (QED) is 0.642. The molecule has 1 aromatic rings. The number of hydrazine groups is 1. The molecule has 1 fully saturated rings. The van der Waals surface area contributed by atoms with E-state index < -0.39 is 0 Å². The Bertz CT molecular complexity index is 249. The molecule has 2 unspecified atom stereocenters. The highest BCUT2D eigenvalue weighted by Crippen LogP contribution is 2.09. The minimum atomic E-state index is 0.513. The van der Waals surface area contributed by atoms with Crippen LogP contribution in [0.2, 0.25) is 0 Å². The molecule has 6 heteroatoms. The first-order valence-electron chi connectivity index (χ1n) is 4.36. The van der Waals surface area contributed by atoms with Gasteiger partial charge in [-0.05, 0) is 6.92 Å². The molecule has 5 nitrogen and oxygen atoms in total. The Morgan fingerprint density at radius 1 is 1.77 bits per heavy atom. The Labute approximate surface area is 81.2 Å². The second-order valence-corrected chi connectivity index (χ2v) is 3.80. The molecule has 0 radical (unpaired) electrons. The van der Waals surface area contributed by atoms with Gasteiger partial charge < -0.3 is 5.32 Å². The minimum absolute atomic E-state index is 0.513. The van der Waals surface area contributed by atoms with Gasteiger partial charge in [0.2, 0.25) is 0 Å². The van der Waals surface area contributed by atoms with E-state index in [9.17, 15) is 0 Å². The van der Waals surface area contributed by atoms with Gasteiger partial charge in [0, 0.05) is 25.0 Å². The topological polar surface area (TPSA) is 61.9 Å². The van der Waals surface area contributed by atoms with Crippen molar-refractivity contribution >= 4 is 17.5 Å². The van der Waals surface area contributed by atoms with E-state index in [0.29, 0.717) is 12.0 Å². The molecule has 13 heavy (non-hydrogen) atoms. The summed E-state index contributed by atoms with van der Waals surface area (Å²) in [6.45, 7) is 4.12. The molecule has 0 amide bonds. The predicted octanol–water partition coefficient (Wildman–Crippen LogP) is 0.0625. The summed E-state index contributed by atoms with van der Waals surface area (Å²) in [4.78, 5) is 0. The first-order chi connectivity index (χ1) is 6.36. The van der Waals surface area contributed by atoms with Crippen molar-refractivity contribution in [3.63, 3.8) is 0 Å². The van der Waals surface area contributed by atoms with Crippen molar-refractivity contribution in [2.75, 3.05) is 18.4 Å². The van der Waals surface area contributed by atoms with Crippen LogP contribution in [-0.4, -0.2) is 27.9 Å². The zero-order chi connectivity index (χ0) is 9.10. The van der Waals surface area contributed by atoms with Crippen LogP contribution in [0, 0.1) is 5.92 Å². The fraction of sp³-hybridized carbons (Fsp3) is 0.714. The molecule has 2 atom stereocenters. The molecular weight excluding hydrogens is 186 g/mol. The summed E-state index contributed by atoms with van der Waals surface area (Å²) in [5.41, 5.74) is 6.30. The van der Waals surface area contributed by atoms with Crippen LogP contribution in [0.4, 0.5) is 5.82 Å². The van der Waals surface area contributed by atoms with Crippen molar-refractivity contribution in [2.45, 2.75) is 13.0 Å². The van der Waals surface area contributed by atoms with E-state index in [1.165, 1.54) is 11.7 Å². The number of hydrogen-bond acceptors (Lipinski definition) is 6. The number of nitrogens with one attached hydrogen (secondary N) is 3. The first-order valence-corrected chi connectivity index (χ1v) is 5.09. The summed E-state index contributed by atoms with van der Waals surface area (Å²) in [5, 5.41) is 3.25. The van der Waals surface area contributed by atoms with Crippen LogP contribution >= 0.6 is 11.7 Å². The van der Waals surface area contributed by atoms with Crippen LogP contribution in [0.3, 0.4) is 0 Å². The number of rotatable bonds is 3. The molecule has 1 aliphatic rings. The highest BCUT2D eigenvalue weighted by atomic mass is 32.1. The molecule has 2 heterocycles. The van der Waals surface area contributed by atoms with Crippen molar-refractivity contribution < 1.29 is 0 Å². The third-order valence-electron chi connectivity index (χ3n) is 2.31. The second kappa shape index (κ2) is 3.99. The van der Waals surface area contributed by atoms with Crippen LogP contribution in [0.5, 0.6) is 0 Å². The van der Waals surface area contributed by atoms with Crippen molar-refractivity contribution in [1.82, 2.24) is 19.6 Å². The Balaban J connectivity index is 1.79. The highest BCUT2D eigenvalue weighted by Gasteiger charge is 2.22. The van der Waals surface area contributed by atoms with Gasteiger partial charge in [-0.2, -0.15) is 8.75 Å². The molecule has 2 rings (SSSR count). The van der Waals surface area contributed by atoms with Crippen LogP contribution < -0.4 is 16.2 Å². The van der Waals surface area contributed by atoms with E-state index in [1.54, 1.807) is 6.20 Å². The molecule has 1 aliphatic heterocycles. The summed E-state index contributed by atoms with van der Waals surface area (Å²) >= 11 is 1.23. The van der Waals surface area contributed by atoms with E-state index in [0.717, 1.165) is 18.9 Å². The van der Waals surface area contributed by atoms with E-state index >= 15 is 0 Å². The molecule has 1 saturated heterocycles. The lowest BCUT2D eigenvalue weighted by Crippen LogP contribution is -2.30.